The number of anilines is 1. The van der Waals surface area contributed by atoms with Crippen molar-refractivity contribution in [3.05, 3.63) is 36.0 Å². The molecule has 11 nitrogen and oxygen atoms in total. The Hall–Kier alpha value is -2.99. The summed E-state index contributed by atoms with van der Waals surface area (Å²) in [5.74, 6) is 0.363. The minimum atomic E-state index is -3.84. The van der Waals surface area contributed by atoms with Gasteiger partial charge in [-0.25, -0.2) is 13.4 Å². The first-order chi connectivity index (χ1) is 13.9. The molecule has 0 unspecified atom stereocenters. The average molecular weight is 419 g/mol. The van der Waals surface area contributed by atoms with Crippen LogP contribution in [-0.2, 0) is 16.4 Å². The van der Waals surface area contributed by atoms with E-state index >= 15 is 0 Å². The summed E-state index contributed by atoms with van der Waals surface area (Å²) in [5, 5.41) is 3.96. The molecule has 1 saturated heterocycles. The first-order valence-corrected chi connectivity index (χ1v) is 10.7. The second-order valence-corrected chi connectivity index (χ2v) is 8.57. The zero-order chi connectivity index (χ0) is 20.6. The monoisotopic (exact) mass is 419 g/mol. The zero-order valence-corrected chi connectivity index (χ0v) is 16.7. The van der Waals surface area contributed by atoms with Crippen molar-refractivity contribution in [2.45, 2.75) is 24.9 Å². The molecule has 4 rings (SSSR count). The van der Waals surface area contributed by atoms with Crippen molar-refractivity contribution < 1.29 is 17.6 Å². The van der Waals surface area contributed by atoms with E-state index in [1.54, 1.807) is 4.52 Å². The highest BCUT2D eigenvalue weighted by atomic mass is 32.2. The fourth-order valence-corrected chi connectivity index (χ4v) is 4.66. The Balaban J connectivity index is 1.54. The first-order valence-electron chi connectivity index (χ1n) is 9.24. The predicted molar refractivity (Wildman–Crippen MR) is 103 cm³/mol. The minimum Gasteiger partial charge on any atom is -0.438 e. The highest BCUT2D eigenvalue weighted by Gasteiger charge is 2.32. The number of piperazine rings is 1. The summed E-state index contributed by atoms with van der Waals surface area (Å²) in [7, 11) is -3.84. The molecule has 2 N–H and O–H groups in total. The Kier molecular flexibility index (Phi) is 4.96. The number of hydrogen-bond acceptors (Lipinski definition) is 8. The van der Waals surface area contributed by atoms with E-state index in [0.717, 1.165) is 24.4 Å². The number of nitrogens with two attached hydrogens (primary N) is 1. The number of amides is 1. The van der Waals surface area contributed by atoms with Crippen LogP contribution in [0.5, 0.6) is 0 Å². The van der Waals surface area contributed by atoms with E-state index in [0.29, 0.717) is 18.9 Å². The van der Waals surface area contributed by atoms with E-state index in [2.05, 4.69) is 26.9 Å². The standard InChI is InChI=1S/C17H21N7O4S/c1-2-3-12-10-14(24-17(21-12)19-11-20-24)22-6-8-23(9-7-22)29(26,27)15-5-4-13(28-15)16(18)25/h4-5,10-11H,2-3,6-9H2,1H3,(H2,18,25). The summed E-state index contributed by atoms with van der Waals surface area (Å²) in [4.78, 5) is 21.9. The lowest BCUT2D eigenvalue weighted by Crippen LogP contribution is -2.49. The molecule has 4 heterocycles. The van der Waals surface area contributed by atoms with Gasteiger partial charge >= 0.3 is 0 Å². The smallest absolute Gasteiger partial charge is 0.284 e. The normalized spacial score (nSPS) is 15.8. The van der Waals surface area contributed by atoms with Crippen LogP contribution in [0.2, 0.25) is 0 Å². The maximum Gasteiger partial charge on any atom is 0.284 e. The Morgan fingerprint density at radius 2 is 2.00 bits per heavy atom. The fraction of sp³-hybridized carbons (Fsp3) is 0.412. The van der Waals surface area contributed by atoms with E-state index < -0.39 is 15.9 Å². The van der Waals surface area contributed by atoms with Crippen LogP contribution in [0.25, 0.3) is 5.78 Å². The van der Waals surface area contributed by atoms with Crippen molar-refractivity contribution in [3.63, 3.8) is 0 Å². The summed E-state index contributed by atoms with van der Waals surface area (Å²) in [5.41, 5.74) is 6.06. The van der Waals surface area contributed by atoms with Crippen molar-refractivity contribution in [2.75, 3.05) is 31.1 Å². The molecule has 154 valence electrons. The van der Waals surface area contributed by atoms with E-state index in [-0.39, 0.29) is 23.9 Å². The maximum atomic E-state index is 12.8. The number of furan rings is 1. The maximum absolute atomic E-state index is 12.8. The summed E-state index contributed by atoms with van der Waals surface area (Å²) in [6, 6.07) is 4.49. The highest BCUT2D eigenvalue weighted by Crippen LogP contribution is 2.23. The van der Waals surface area contributed by atoms with Crippen molar-refractivity contribution in [3.8, 4) is 0 Å². The molecule has 29 heavy (non-hydrogen) atoms. The molecule has 0 saturated carbocycles. The molecule has 0 bridgehead atoms. The van der Waals surface area contributed by atoms with Crippen molar-refractivity contribution in [2.24, 2.45) is 5.73 Å². The molecule has 1 amide bonds. The molecule has 1 aliphatic heterocycles. The Morgan fingerprint density at radius 1 is 1.24 bits per heavy atom. The van der Waals surface area contributed by atoms with Gasteiger partial charge in [-0.15, -0.1) is 0 Å². The number of nitrogens with zero attached hydrogens (tertiary/aromatic N) is 6. The van der Waals surface area contributed by atoms with E-state index in [9.17, 15) is 13.2 Å². The molecule has 12 heteroatoms. The largest absolute Gasteiger partial charge is 0.438 e. The van der Waals surface area contributed by atoms with Gasteiger partial charge in [-0.3, -0.25) is 4.79 Å². The Labute approximate surface area is 167 Å². The van der Waals surface area contributed by atoms with Gasteiger partial charge in [-0.2, -0.15) is 18.9 Å². The number of aromatic nitrogens is 4. The molecular weight excluding hydrogens is 398 g/mol. The lowest BCUT2D eigenvalue weighted by atomic mass is 10.2. The van der Waals surface area contributed by atoms with Gasteiger partial charge in [0.25, 0.3) is 21.7 Å². The van der Waals surface area contributed by atoms with Crippen LogP contribution >= 0.6 is 0 Å². The Bertz CT molecular complexity index is 1150. The Morgan fingerprint density at radius 3 is 2.66 bits per heavy atom. The topological polar surface area (TPSA) is 140 Å². The molecule has 0 aromatic carbocycles. The van der Waals surface area contributed by atoms with Crippen molar-refractivity contribution >= 4 is 27.5 Å². The molecule has 3 aromatic heterocycles. The molecule has 0 aliphatic carbocycles. The van der Waals surface area contributed by atoms with Gasteiger partial charge in [0, 0.05) is 37.9 Å². The highest BCUT2D eigenvalue weighted by molar-refractivity contribution is 7.89. The van der Waals surface area contributed by atoms with E-state index in [1.807, 2.05) is 6.07 Å². The third kappa shape index (κ3) is 3.56. The number of sulfonamides is 1. The van der Waals surface area contributed by atoms with Gasteiger partial charge in [0.2, 0.25) is 5.09 Å². The molecule has 1 fully saturated rings. The SMILES string of the molecule is CCCc1cc(N2CCN(S(=O)(=O)c3ccc(C(N)=O)o3)CC2)n2ncnc2n1. The van der Waals surface area contributed by atoms with Crippen LogP contribution in [0.4, 0.5) is 5.82 Å². The molecule has 1 aliphatic rings. The van der Waals surface area contributed by atoms with Crippen LogP contribution in [0.3, 0.4) is 0 Å². The van der Waals surface area contributed by atoms with Crippen LogP contribution in [-0.4, -0.2) is 64.4 Å². The summed E-state index contributed by atoms with van der Waals surface area (Å²) in [6.07, 6.45) is 3.24. The number of primary amides is 1. The first kappa shape index (κ1) is 19.3. The van der Waals surface area contributed by atoms with Gasteiger partial charge in [0.1, 0.15) is 12.1 Å². The molecule has 0 atom stereocenters. The third-order valence-corrected chi connectivity index (χ3v) is 6.55. The second-order valence-electron chi connectivity index (χ2n) is 6.70. The van der Waals surface area contributed by atoms with Gasteiger partial charge in [0.05, 0.1) is 0 Å². The van der Waals surface area contributed by atoms with Gasteiger partial charge < -0.3 is 15.1 Å². The van der Waals surface area contributed by atoms with E-state index in [4.69, 9.17) is 10.2 Å². The third-order valence-electron chi connectivity index (χ3n) is 4.77. The number of rotatable bonds is 6. The van der Waals surface area contributed by atoms with Crippen LogP contribution < -0.4 is 10.6 Å². The molecule has 3 aromatic rings. The van der Waals surface area contributed by atoms with Crippen molar-refractivity contribution in [1.29, 1.82) is 0 Å². The van der Waals surface area contributed by atoms with Crippen LogP contribution in [0, 0.1) is 0 Å². The molecule has 0 radical (unpaired) electrons. The van der Waals surface area contributed by atoms with Gasteiger partial charge in [0.15, 0.2) is 5.76 Å². The lowest BCUT2D eigenvalue weighted by molar-refractivity contribution is 0.0968. The van der Waals surface area contributed by atoms with Crippen LogP contribution in [0.15, 0.2) is 34.0 Å². The summed E-state index contributed by atoms with van der Waals surface area (Å²) in [6.45, 7) is 3.53. The lowest BCUT2D eigenvalue weighted by Gasteiger charge is -2.34. The molecular formula is C17H21N7O4S. The quantitative estimate of drug-likeness (QED) is 0.601. The number of fused-ring (bicyclic) bond motifs is 1. The minimum absolute atomic E-state index is 0.184. The number of carbonyl (C=O) groups excluding carboxylic acids is 1. The molecule has 0 spiro atoms. The summed E-state index contributed by atoms with van der Waals surface area (Å²) >= 11 is 0. The van der Waals surface area contributed by atoms with Crippen LogP contribution in [0.1, 0.15) is 29.6 Å². The van der Waals surface area contributed by atoms with E-state index in [1.165, 1.54) is 22.8 Å². The van der Waals surface area contributed by atoms with Gasteiger partial charge in [-0.1, -0.05) is 13.3 Å². The van der Waals surface area contributed by atoms with Crippen molar-refractivity contribution in [1.82, 2.24) is 23.9 Å². The fourth-order valence-electron chi connectivity index (χ4n) is 3.33. The number of hydrogen-bond donors (Lipinski definition) is 1. The number of carbonyl (C=O) groups is 1. The summed E-state index contributed by atoms with van der Waals surface area (Å²) < 4.78 is 33.7. The van der Waals surface area contributed by atoms with Gasteiger partial charge in [-0.05, 0) is 18.6 Å². The average Bonchev–Trinajstić information content (AvgIpc) is 3.38. The predicted octanol–water partition coefficient (Wildman–Crippen LogP) is 0.280. The second kappa shape index (κ2) is 7.44. The number of aryl methyl sites for hydroxylation is 1. The zero-order valence-electron chi connectivity index (χ0n) is 15.9.